The predicted octanol–water partition coefficient (Wildman–Crippen LogP) is 3.46. The Bertz CT molecular complexity index is 816. The SMILES string of the molecule is C#CCOc1ccccc1-c1nc(C)c(-c2cccnc2)[nH]1. The van der Waals surface area contributed by atoms with E-state index in [1.54, 1.807) is 6.20 Å². The van der Waals surface area contributed by atoms with Crippen molar-refractivity contribution in [2.75, 3.05) is 6.61 Å². The molecule has 0 atom stereocenters. The van der Waals surface area contributed by atoms with Crippen LogP contribution in [-0.2, 0) is 0 Å². The smallest absolute Gasteiger partial charge is 0.148 e. The van der Waals surface area contributed by atoms with Crippen LogP contribution in [0.15, 0.2) is 48.8 Å². The van der Waals surface area contributed by atoms with Crippen molar-refractivity contribution in [1.29, 1.82) is 0 Å². The largest absolute Gasteiger partial charge is 0.480 e. The molecule has 0 radical (unpaired) electrons. The highest BCUT2D eigenvalue weighted by Crippen LogP contribution is 2.30. The second kappa shape index (κ2) is 6.15. The molecule has 1 aromatic carbocycles. The Morgan fingerprint density at radius 2 is 2.09 bits per heavy atom. The van der Waals surface area contributed by atoms with Crippen LogP contribution < -0.4 is 4.74 Å². The van der Waals surface area contributed by atoms with Crippen LogP contribution in [0.25, 0.3) is 22.6 Å². The molecule has 0 saturated carbocycles. The van der Waals surface area contributed by atoms with Gasteiger partial charge in [0.2, 0.25) is 0 Å². The molecule has 3 aromatic rings. The Hall–Kier alpha value is -3.06. The first-order chi connectivity index (χ1) is 10.8. The van der Waals surface area contributed by atoms with E-state index in [-0.39, 0.29) is 6.61 Å². The zero-order chi connectivity index (χ0) is 15.4. The molecule has 2 heterocycles. The molecule has 0 spiro atoms. The molecule has 0 fully saturated rings. The molecule has 3 rings (SSSR count). The van der Waals surface area contributed by atoms with E-state index >= 15 is 0 Å². The summed E-state index contributed by atoms with van der Waals surface area (Å²) < 4.78 is 5.59. The number of rotatable bonds is 4. The van der Waals surface area contributed by atoms with Crippen LogP contribution in [0.1, 0.15) is 5.69 Å². The molecule has 0 bridgehead atoms. The van der Waals surface area contributed by atoms with Crippen molar-refractivity contribution in [3.8, 4) is 40.7 Å². The second-order valence-corrected chi connectivity index (χ2v) is 4.78. The van der Waals surface area contributed by atoms with Gasteiger partial charge in [-0.25, -0.2) is 4.98 Å². The number of aromatic amines is 1. The van der Waals surface area contributed by atoms with Crippen molar-refractivity contribution in [2.24, 2.45) is 0 Å². The molecule has 0 aliphatic carbocycles. The van der Waals surface area contributed by atoms with E-state index in [1.807, 2.05) is 49.5 Å². The fraction of sp³-hybridized carbons (Fsp3) is 0.111. The quantitative estimate of drug-likeness (QED) is 0.748. The van der Waals surface area contributed by atoms with Crippen LogP contribution in [0, 0.1) is 19.3 Å². The summed E-state index contributed by atoms with van der Waals surface area (Å²) in [6.07, 6.45) is 8.82. The number of H-pyrrole nitrogens is 1. The summed E-state index contributed by atoms with van der Waals surface area (Å²) in [5, 5.41) is 0. The fourth-order valence-corrected chi connectivity index (χ4v) is 2.29. The molecule has 22 heavy (non-hydrogen) atoms. The number of aryl methyl sites for hydroxylation is 1. The van der Waals surface area contributed by atoms with Crippen molar-refractivity contribution >= 4 is 0 Å². The highest BCUT2D eigenvalue weighted by Gasteiger charge is 2.13. The Kier molecular flexibility index (Phi) is 3.88. The lowest BCUT2D eigenvalue weighted by Gasteiger charge is -2.07. The van der Waals surface area contributed by atoms with Gasteiger partial charge < -0.3 is 9.72 Å². The number of para-hydroxylation sites is 1. The van der Waals surface area contributed by atoms with Crippen molar-refractivity contribution in [3.63, 3.8) is 0 Å². The molecular weight excluding hydrogens is 274 g/mol. The predicted molar refractivity (Wildman–Crippen MR) is 86.3 cm³/mol. The van der Waals surface area contributed by atoms with Gasteiger partial charge in [-0.2, -0.15) is 0 Å². The van der Waals surface area contributed by atoms with Crippen LogP contribution in [0.4, 0.5) is 0 Å². The number of hydrogen-bond donors (Lipinski definition) is 1. The number of hydrogen-bond acceptors (Lipinski definition) is 3. The lowest BCUT2D eigenvalue weighted by Crippen LogP contribution is -1.96. The minimum Gasteiger partial charge on any atom is -0.480 e. The van der Waals surface area contributed by atoms with E-state index in [9.17, 15) is 0 Å². The maximum absolute atomic E-state index is 5.59. The average Bonchev–Trinajstić information content (AvgIpc) is 2.96. The third-order valence-electron chi connectivity index (χ3n) is 3.29. The monoisotopic (exact) mass is 289 g/mol. The number of benzene rings is 1. The lowest BCUT2D eigenvalue weighted by atomic mass is 10.2. The molecule has 4 heteroatoms. The first-order valence-corrected chi connectivity index (χ1v) is 6.92. The minimum atomic E-state index is 0.228. The Balaban J connectivity index is 2.03. The van der Waals surface area contributed by atoms with Gasteiger partial charge in [-0.1, -0.05) is 18.1 Å². The maximum atomic E-state index is 5.59. The van der Waals surface area contributed by atoms with Crippen molar-refractivity contribution in [2.45, 2.75) is 6.92 Å². The van der Waals surface area contributed by atoms with Gasteiger partial charge in [0.15, 0.2) is 0 Å². The van der Waals surface area contributed by atoms with Gasteiger partial charge in [-0.15, -0.1) is 6.42 Å². The molecule has 1 N–H and O–H groups in total. The molecule has 4 nitrogen and oxygen atoms in total. The van der Waals surface area contributed by atoms with E-state index in [1.165, 1.54) is 0 Å². The van der Waals surface area contributed by atoms with Gasteiger partial charge in [0, 0.05) is 18.0 Å². The molecule has 0 saturated heterocycles. The topological polar surface area (TPSA) is 50.8 Å². The summed E-state index contributed by atoms with van der Waals surface area (Å²) in [6.45, 7) is 2.19. The average molecular weight is 289 g/mol. The second-order valence-electron chi connectivity index (χ2n) is 4.78. The van der Waals surface area contributed by atoms with E-state index in [0.29, 0.717) is 5.75 Å². The van der Waals surface area contributed by atoms with Crippen LogP contribution in [0.5, 0.6) is 5.75 Å². The number of nitrogens with one attached hydrogen (secondary N) is 1. The van der Waals surface area contributed by atoms with Gasteiger partial charge in [0.1, 0.15) is 18.2 Å². The summed E-state index contributed by atoms with van der Waals surface area (Å²) in [4.78, 5) is 12.1. The lowest BCUT2D eigenvalue weighted by molar-refractivity contribution is 0.371. The van der Waals surface area contributed by atoms with Crippen LogP contribution in [0.3, 0.4) is 0 Å². The zero-order valence-corrected chi connectivity index (χ0v) is 12.2. The molecule has 0 amide bonds. The molecule has 0 aliphatic heterocycles. The van der Waals surface area contributed by atoms with Crippen LogP contribution in [-0.4, -0.2) is 21.6 Å². The Morgan fingerprint density at radius 3 is 2.86 bits per heavy atom. The number of nitrogens with zero attached hydrogens (tertiary/aromatic N) is 2. The summed E-state index contributed by atoms with van der Waals surface area (Å²) in [7, 11) is 0. The standard InChI is InChI=1S/C18H15N3O/c1-3-11-22-16-9-5-4-8-15(16)18-20-13(2)17(21-18)14-7-6-10-19-12-14/h1,4-10,12H,11H2,2H3,(H,20,21). The fourth-order valence-electron chi connectivity index (χ4n) is 2.29. The summed E-state index contributed by atoms with van der Waals surface area (Å²) in [5.74, 6) is 3.94. The summed E-state index contributed by atoms with van der Waals surface area (Å²) >= 11 is 0. The van der Waals surface area contributed by atoms with Crippen molar-refractivity contribution in [3.05, 3.63) is 54.5 Å². The van der Waals surface area contributed by atoms with E-state index in [4.69, 9.17) is 11.2 Å². The summed E-state index contributed by atoms with van der Waals surface area (Å²) in [6, 6.07) is 11.6. The van der Waals surface area contributed by atoms with E-state index < -0.39 is 0 Å². The van der Waals surface area contributed by atoms with Gasteiger partial charge in [0.25, 0.3) is 0 Å². The third-order valence-corrected chi connectivity index (χ3v) is 3.29. The molecule has 2 aromatic heterocycles. The van der Waals surface area contributed by atoms with Crippen molar-refractivity contribution in [1.82, 2.24) is 15.0 Å². The minimum absolute atomic E-state index is 0.228. The third kappa shape index (κ3) is 2.70. The molecule has 108 valence electrons. The molecular formula is C18H15N3O. The van der Waals surface area contributed by atoms with E-state index in [2.05, 4.69) is 20.9 Å². The Labute approximate surface area is 129 Å². The first-order valence-electron chi connectivity index (χ1n) is 6.92. The maximum Gasteiger partial charge on any atom is 0.148 e. The number of pyridine rings is 1. The van der Waals surface area contributed by atoms with Gasteiger partial charge in [-0.05, 0) is 31.2 Å². The number of ether oxygens (including phenoxy) is 1. The molecule has 0 unspecified atom stereocenters. The van der Waals surface area contributed by atoms with Crippen LogP contribution >= 0.6 is 0 Å². The van der Waals surface area contributed by atoms with Gasteiger partial charge >= 0.3 is 0 Å². The zero-order valence-electron chi connectivity index (χ0n) is 12.2. The van der Waals surface area contributed by atoms with Crippen molar-refractivity contribution < 1.29 is 4.74 Å². The summed E-state index contributed by atoms with van der Waals surface area (Å²) in [5.41, 5.74) is 3.75. The normalized spacial score (nSPS) is 10.2. The molecule has 0 aliphatic rings. The number of terminal acetylenes is 1. The van der Waals surface area contributed by atoms with Gasteiger partial charge in [-0.3, -0.25) is 4.98 Å². The highest BCUT2D eigenvalue weighted by molar-refractivity contribution is 5.70. The number of aromatic nitrogens is 3. The number of imidazole rings is 1. The highest BCUT2D eigenvalue weighted by atomic mass is 16.5. The Morgan fingerprint density at radius 1 is 1.23 bits per heavy atom. The van der Waals surface area contributed by atoms with Crippen LogP contribution in [0.2, 0.25) is 0 Å². The first kappa shape index (κ1) is 13.9. The van der Waals surface area contributed by atoms with Gasteiger partial charge in [0.05, 0.1) is 17.0 Å². The van der Waals surface area contributed by atoms with E-state index in [0.717, 1.165) is 28.3 Å².